The Morgan fingerprint density at radius 2 is 2.28 bits per heavy atom. The Hall–Kier alpha value is -1.36. The van der Waals surface area contributed by atoms with Crippen LogP contribution in [0, 0.1) is 0 Å². The van der Waals surface area contributed by atoms with E-state index in [-0.39, 0.29) is 5.91 Å². The molecule has 100 valence electrons. The van der Waals surface area contributed by atoms with Gasteiger partial charge >= 0.3 is 0 Å². The molecule has 0 bridgehead atoms. The van der Waals surface area contributed by atoms with Gasteiger partial charge in [-0.05, 0) is 32.4 Å². The van der Waals surface area contributed by atoms with Crippen LogP contribution in [0.25, 0.3) is 0 Å². The SMILES string of the molecule is CCCN(C(=O)c1cncn1C)C1CCNCC1. The summed E-state index contributed by atoms with van der Waals surface area (Å²) in [7, 11) is 1.87. The molecule has 18 heavy (non-hydrogen) atoms. The highest BCUT2D eigenvalue weighted by Crippen LogP contribution is 2.15. The number of piperidine rings is 1. The van der Waals surface area contributed by atoms with Crippen molar-refractivity contribution in [3.63, 3.8) is 0 Å². The number of amides is 1. The molecule has 0 aromatic carbocycles. The second-order valence-corrected chi connectivity index (χ2v) is 4.87. The third kappa shape index (κ3) is 2.72. The van der Waals surface area contributed by atoms with Gasteiger partial charge in [0.15, 0.2) is 0 Å². The molecule has 1 aliphatic rings. The van der Waals surface area contributed by atoms with Crippen molar-refractivity contribution in [3.05, 3.63) is 18.2 Å². The van der Waals surface area contributed by atoms with Crippen molar-refractivity contribution in [2.24, 2.45) is 7.05 Å². The number of hydrogen-bond acceptors (Lipinski definition) is 3. The van der Waals surface area contributed by atoms with Crippen molar-refractivity contribution in [1.29, 1.82) is 0 Å². The van der Waals surface area contributed by atoms with Crippen molar-refractivity contribution in [2.75, 3.05) is 19.6 Å². The number of rotatable bonds is 4. The maximum Gasteiger partial charge on any atom is 0.272 e. The predicted molar refractivity (Wildman–Crippen MR) is 70.4 cm³/mol. The van der Waals surface area contributed by atoms with Gasteiger partial charge < -0.3 is 14.8 Å². The number of aromatic nitrogens is 2. The van der Waals surface area contributed by atoms with Crippen LogP contribution < -0.4 is 5.32 Å². The molecular weight excluding hydrogens is 228 g/mol. The quantitative estimate of drug-likeness (QED) is 0.868. The zero-order valence-corrected chi connectivity index (χ0v) is 11.2. The molecule has 0 saturated carbocycles. The fraction of sp³-hybridized carbons (Fsp3) is 0.692. The number of hydrogen-bond donors (Lipinski definition) is 1. The van der Waals surface area contributed by atoms with Crippen LogP contribution in [-0.2, 0) is 7.05 Å². The van der Waals surface area contributed by atoms with Crippen LogP contribution in [0.4, 0.5) is 0 Å². The first-order valence-corrected chi connectivity index (χ1v) is 6.72. The maximum atomic E-state index is 12.6. The average molecular weight is 250 g/mol. The summed E-state index contributed by atoms with van der Waals surface area (Å²) in [6.45, 7) is 4.95. The van der Waals surface area contributed by atoms with Crippen molar-refractivity contribution in [1.82, 2.24) is 19.8 Å². The van der Waals surface area contributed by atoms with E-state index in [0.717, 1.165) is 38.9 Å². The van der Waals surface area contributed by atoms with Gasteiger partial charge in [0.25, 0.3) is 5.91 Å². The van der Waals surface area contributed by atoms with E-state index in [1.165, 1.54) is 0 Å². The van der Waals surface area contributed by atoms with Gasteiger partial charge in [0.2, 0.25) is 0 Å². The third-order valence-electron chi connectivity index (χ3n) is 3.51. The van der Waals surface area contributed by atoms with Gasteiger partial charge in [0.1, 0.15) is 5.69 Å². The van der Waals surface area contributed by atoms with Gasteiger partial charge in [0.05, 0.1) is 12.5 Å². The zero-order chi connectivity index (χ0) is 13.0. The summed E-state index contributed by atoms with van der Waals surface area (Å²) in [5.74, 6) is 0.115. The van der Waals surface area contributed by atoms with E-state index >= 15 is 0 Å². The first-order chi connectivity index (χ1) is 8.74. The molecule has 1 saturated heterocycles. The summed E-state index contributed by atoms with van der Waals surface area (Å²) in [6.07, 6.45) is 6.42. The summed E-state index contributed by atoms with van der Waals surface area (Å²) in [6, 6.07) is 0.369. The molecule has 1 aromatic rings. The lowest BCUT2D eigenvalue weighted by Gasteiger charge is -2.34. The summed E-state index contributed by atoms with van der Waals surface area (Å²) in [5.41, 5.74) is 0.682. The highest BCUT2D eigenvalue weighted by atomic mass is 16.2. The molecule has 0 atom stereocenters. The fourth-order valence-electron chi connectivity index (χ4n) is 2.52. The van der Waals surface area contributed by atoms with Gasteiger partial charge in [-0.15, -0.1) is 0 Å². The van der Waals surface area contributed by atoms with Crippen LogP contribution in [0.1, 0.15) is 36.7 Å². The molecule has 0 spiro atoms. The van der Waals surface area contributed by atoms with Crippen molar-refractivity contribution < 1.29 is 4.79 Å². The molecule has 0 radical (unpaired) electrons. The highest BCUT2D eigenvalue weighted by molar-refractivity contribution is 5.92. The van der Waals surface area contributed by atoms with Crippen LogP contribution >= 0.6 is 0 Å². The minimum absolute atomic E-state index is 0.115. The molecule has 2 heterocycles. The average Bonchev–Trinajstić information content (AvgIpc) is 2.82. The summed E-state index contributed by atoms with van der Waals surface area (Å²) in [4.78, 5) is 18.6. The summed E-state index contributed by atoms with van der Waals surface area (Å²) >= 11 is 0. The highest BCUT2D eigenvalue weighted by Gasteiger charge is 2.26. The largest absolute Gasteiger partial charge is 0.334 e. The van der Waals surface area contributed by atoms with Crippen LogP contribution in [0.2, 0.25) is 0 Å². The molecule has 5 heteroatoms. The van der Waals surface area contributed by atoms with Gasteiger partial charge in [-0.1, -0.05) is 6.92 Å². The van der Waals surface area contributed by atoms with E-state index in [1.807, 2.05) is 11.9 Å². The lowest BCUT2D eigenvalue weighted by Crippen LogP contribution is -2.46. The number of aryl methyl sites for hydroxylation is 1. The van der Waals surface area contributed by atoms with Crippen molar-refractivity contribution in [2.45, 2.75) is 32.2 Å². The Morgan fingerprint density at radius 3 is 2.83 bits per heavy atom. The minimum Gasteiger partial charge on any atom is -0.334 e. The number of nitrogens with one attached hydrogen (secondary N) is 1. The molecule has 1 aliphatic heterocycles. The van der Waals surface area contributed by atoms with E-state index in [9.17, 15) is 4.79 Å². The van der Waals surface area contributed by atoms with Crippen LogP contribution in [0.3, 0.4) is 0 Å². The minimum atomic E-state index is 0.115. The van der Waals surface area contributed by atoms with E-state index in [4.69, 9.17) is 0 Å². The van der Waals surface area contributed by atoms with Crippen LogP contribution in [0.5, 0.6) is 0 Å². The van der Waals surface area contributed by atoms with Gasteiger partial charge in [-0.2, -0.15) is 0 Å². The second kappa shape index (κ2) is 6.00. The van der Waals surface area contributed by atoms with Crippen molar-refractivity contribution >= 4 is 5.91 Å². The monoisotopic (exact) mass is 250 g/mol. The molecule has 0 aliphatic carbocycles. The Bertz CT molecular complexity index is 395. The van der Waals surface area contributed by atoms with Gasteiger partial charge in [-0.25, -0.2) is 4.98 Å². The van der Waals surface area contributed by atoms with Crippen molar-refractivity contribution in [3.8, 4) is 0 Å². The molecule has 1 fully saturated rings. The fourth-order valence-corrected chi connectivity index (χ4v) is 2.52. The second-order valence-electron chi connectivity index (χ2n) is 4.87. The van der Waals surface area contributed by atoms with Crippen LogP contribution in [-0.4, -0.2) is 46.0 Å². The zero-order valence-electron chi connectivity index (χ0n) is 11.2. The summed E-state index contributed by atoms with van der Waals surface area (Å²) in [5, 5.41) is 3.34. The molecule has 5 nitrogen and oxygen atoms in total. The molecule has 1 aromatic heterocycles. The standard InChI is InChI=1S/C13H22N4O/c1-3-8-17(11-4-6-14-7-5-11)13(18)12-9-15-10-16(12)2/h9-11,14H,3-8H2,1-2H3. The molecule has 1 N–H and O–H groups in total. The Morgan fingerprint density at radius 1 is 1.56 bits per heavy atom. The number of imidazole rings is 1. The Labute approximate surface area is 108 Å². The van der Waals surface area contributed by atoms with Crippen LogP contribution in [0.15, 0.2) is 12.5 Å². The third-order valence-corrected chi connectivity index (χ3v) is 3.51. The lowest BCUT2D eigenvalue weighted by molar-refractivity contribution is 0.0633. The number of nitrogens with zero attached hydrogens (tertiary/aromatic N) is 3. The summed E-state index contributed by atoms with van der Waals surface area (Å²) < 4.78 is 1.80. The molecule has 0 unspecified atom stereocenters. The van der Waals surface area contributed by atoms with Gasteiger partial charge in [0, 0.05) is 19.6 Å². The predicted octanol–water partition coefficient (Wildman–Crippen LogP) is 1.02. The number of carbonyl (C=O) groups excluding carboxylic acids is 1. The molecule has 1 amide bonds. The molecular formula is C13H22N4O. The first-order valence-electron chi connectivity index (χ1n) is 6.72. The topological polar surface area (TPSA) is 50.2 Å². The van der Waals surface area contributed by atoms with E-state index < -0.39 is 0 Å². The van der Waals surface area contributed by atoms with Gasteiger partial charge in [-0.3, -0.25) is 4.79 Å². The molecule has 2 rings (SSSR count). The number of carbonyl (C=O) groups is 1. The lowest BCUT2D eigenvalue weighted by atomic mass is 10.0. The van der Waals surface area contributed by atoms with E-state index in [0.29, 0.717) is 11.7 Å². The first kappa shape index (κ1) is 13.1. The Balaban J connectivity index is 2.13. The maximum absolute atomic E-state index is 12.6. The Kier molecular flexibility index (Phi) is 4.36. The normalized spacial score (nSPS) is 16.8. The van der Waals surface area contributed by atoms with E-state index in [2.05, 4.69) is 17.2 Å². The smallest absolute Gasteiger partial charge is 0.272 e. The van der Waals surface area contributed by atoms with E-state index in [1.54, 1.807) is 17.1 Å².